The fraction of sp³-hybridized carbons (Fsp3) is 0.538. The third kappa shape index (κ3) is 2.85. The fourth-order valence-corrected chi connectivity index (χ4v) is 2.20. The molecule has 2 rings (SSSR count). The van der Waals surface area contributed by atoms with E-state index >= 15 is 0 Å². The summed E-state index contributed by atoms with van der Waals surface area (Å²) >= 11 is 0. The number of hydrogen-bond donors (Lipinski definition) is 1. The lowest BCUT2D eigenvalue weighted by Gasteiger charge is -2.41. The van der Waals surface area contributed by atoms with Gasteiger partial charge < -0.3 is 15.2 Å². The molecule has 0 saturated heterocycles. The SMILES string of the molecule is CCOC1C(N)CC1Oc1ccc([N+](=O)[O-])cc1C. The van der Waals surface area contributed by atoms with Gasteiger partial charge in [-0.1, -0.05) is 0 Å². The smallest absolute Gasteiger partial charge is 0.269 e. The van der Waals surface area contributed by atoms with Crippen LogP contribution in [0.5, 0.6) is 5.75 Å². The number of hydrogen-bond acceptors (Lipinski definition) is 5. The van der Waals surface area contributed by atoms with Crippen LogP contribution in [0.25, 0.3) is 0 Å². The Labute approximate surface area is 111 Å². The summed E-state index contributed by atoms with van der Waals surface area (Å²) < 4.78 is 11.3. The van der Waals surface area contributed by atoms with Gasteiger partial charge in [-0.15, -0.1) is 0 Å². The summed E-state index contributed by atoms with van der Waals surface area (Å²) in [4.78, 5) is 10.2. The topological polar surface area (TPSA) is 87.6 Å². The van der Waals surface area contributed by atoms with E-state index in [0.29, 0.717) is 12.4 Å². The first-order chi connectivity index (χ1) is 9.02. The summed E-state index contributed by atoms with van der Waals surface area (Å²) in [5.41, 5.74) is 6.67. The first-order valence-corrected chi connectivity index (χ1v) is 6.31. The van der Waals surface area contributed by atoms with Gasteiger partial charge in [0.1, 0.15) is 18.0 Å². The molecule has 0 amide bonds. The molecule has 0 aliphatic heterocycles. The van der Waals surface area contributed by atoms with Crippen molar-refractivity contribution in [2.45, 2.75) is 38.5 Å². The summed E-state index contributed by atoms with van der Waals surface area (Å²) in [6.45, 7) is 4.30. The van der Waals surface area contributed by atoms with E-state index in [1.54, 1.807) is 13.0 Å². The number of ether oxygens (including phenoxy) is 2. The fourth-order valence-electron chi connectivity index (χ4n) is 2.20. The van der Waals surface area contributed by atoms with Crippen LogP contribution >= 0.6 is 0 Å². The van der Waals surface area contributed by atoms with Crippen molar-refractivity contribution < 1.29 is 14.4 Å². The molecule has 6 heteroatoms. The van der Waals surface area contributed by atoms with Gasteiger partial charge in [0, 0.05) is 31.2 Å². The number of nitrogens with two attached hydrogens (primary N) is 1. The highest BCUT2D eigenvalue weighted by Crippen LogP contribution is 2.31. The molecule has 0 bridgehead atoms. The Balaban J connectivity index is 2.05. The highest BCUT2D eigenvalue weighted by atomic mass is 16.6. The maximum atomic E-state index is 10.7. The Bertz CT molecular complexity index is 478. The van der Waals surface area contributed by atoms with Crippen molar-refractivity contribution in [1.29, 1.82) is 0 Å². The number of aryl methyl sites for hydroxylation is 1. The van der Waals surface area contributed by atoms with Crippen LogP contribution in [-0.2, 0) is 4.74 Å². The van der Waals surface area contributed by atoms with Crippen molar-refractivity contribution in [1.82, 2.24) is 0 Å². The van der Waals surface area contributed by atoms with Crippen LogP contribution in [0.15, 0.2) is 18.2 Å². The van der Waals surface area contributed by atoms with Crippen molar-refractivity contribution >= 4 is 5.69 Å². The zero-order valence-electron chi connectivity index (χ0n) is 11.0. The molecule has 19 heavy (non-hydrogen) atoms. The third-order valence-corrected chi connectivity index (χ3v) is 3.30. The molecule has 1 aliphatic rings. The zero-order valence-corrected chi connectivity index (χ0v) is 11.0. The summed E-state index contributed by atoms with van der Waals surface area (Å²) in [6, 6.07) is 4.57. The Morgan fingerprint density at radius 2 is 2.26 bits per heavy atom. The molecule has 1 aromatic rings. The molecule has 0 aromatic heterocycles. The van der Waals surface area contributed by atoms with E-state index in [-0.39, 0.29) is 23.9 Å². The number of rotatable bonds is 5. The summed E-state index contributed by atoms with van der Waals surface area (Å²) in [5.74, 6) is 0.646. The van der Waals surface area contributed by atoms with Crippen LogP contribution in [-0.4, -0.2) is 29.8 Å². The maximum Gasteiger partial charge on any atom is 0.269 e. The molecule has 1 aromatic carbocycles. The van der Waals surface area contributed by atoms with Gasteiger partial charge in [0.25, 0.3) is 5.69 Å². The average molecular weight is 266 g/mol. The molecular weight excluding hydrogens is 248 g/mol. The molecule has 0 radical (unpaired) electrons. The molecule has 6 nitrogen and oxygen atoms in total. The van der Waals surface area contributed by atoms with Crippen molar-refractivity contribution in [3.63, 3.8) is 0 Å². The number of nitro benzene ring substituents is 1. The van der Waals surface area contributed by atoms with Crippen LogP contribution in [0.1, 0.15) is 18.9 Å². The van der Waals surface area contributed by atoms with Crippen LogP contribution in [0, 0.1) is 17.0 Å². The average Bonchev–Trinajstić information content (AvgIpc) is 2.37. The maximum absolute atomic E-state index is 10.7. The van der Waals surface area contributed by atoms with Gasteiger partial charge in [0.15, 0.2) is 0 Å². The predicted octanol–water partition coefficient (Wildman–Crippen LogP) is 1.79. The van der Waals surface area contributed by atoms with Gasteiger partial charge in [0.05, 0.1) is 4.92 Å². The third-order valence-electron chi connectivity index (χ3n) is 3.30. The molecule has 1 saturated carbocycles. The van der Waals surface area contributed by atoms with Gasteiger partial charge in [-0.05, 0) is 25.5 Å². The number of benzene rings is 1. The first-order valence-electron chi connectivity index (χ1n) is 6.31. The summed E-state index contributed by atoms with van der Waals surface area (Å²) in [7, 11) is 0. The van der Waals surface area contributed by atoms with Crippen molar-refractivity contribution in [2.24, 2.45) is 5.73 Å². The van der Waals surface area contributed by atoms with E-state index in [1.807, 2.05) is 6.92 Å². The van der Waals surface area contributed by atoms with Crippen LogP contribution in [0.3, 0.4) is 0 Å². The van der Waals surface area contributed by atoms with Gasteiger partial charge in [-0.25, -0.2) is 0 Å². The molecule has 2 N–H and O–H groups in total. The van der Waals surface area contributed by atoms with E-state index in [2.05, 4.69) is 0 Å². The Morgan fingerprint density at radius 1 is 1.53 bits per heavy atom. The molecule has 3 unspecified atom stereocenters. The van der Waals surface area contributed by atoms with Gasteiger partial charge >= 0.3 is 0 Å². The molecule has 3 atom stereocenters. The highest BCUT2D eigenvalue weighted by molar-refractivity contribution is 5.43. The number of non-ortho nitro benzene ring substituents is 1. The van der Waals surface area contributed by atoms with Gasteiger partial charge in [-0.2, -0.15) is 0 Å². The van der Waals surface area contributed by atoms with Gasteiger partial charge in [0.2, 0.25) is 0 Å². The second-order valence-electron chi connectivity index (χ2n) is 4.68. The molecular formula is C13H18N2O4. The van der Waals surface area contributed by atoms with Crippen LogP contribution < -0.4 is 10.5 Å². The normalized spacial score (nSPS) is 25.7. The standard InChI is InChI=1S/C13H18N2O4/c1-3-18-13-10(14)7-12(13)19-11-5-4-9(15(16)17)6-8(11)2/h4-6,10,12-13H,3,7,14H2,1-2H3. The molecule has 0 heterocycles. The second kappa shape index (κ2) is 5.54. The van der Waals surface area contributed by atoms with E-state index in [9.17, 15) is 10.1 Å². The Kier molecular flexibility index (Phi) is 4.01. The predicted molar refractivity (Wildman–Crippen MR) is 70.3 cm³/mol. The monoisotopic (exact) mass is 266 g/mol. The molecule has 1 fully saturated rings. The first kappa shape index (κ1) is 13.8. The van der Waals surface area contributed by atoms with Gasteiger partial charge in [-0.3, -0.25) is 10.1 Å². The second-order valence-corrected chi connectivity index (χ2v) is 4.68. The minimum atomic E-state index is -0.418. The Hall–Kier alpha value is -1.66. The summed E-state index contributed by atoms with van der Waals surface area (Å²) in [6.07, 6.45) is 0.566. The van der Waals surface area contributed by atoms with Crippen LogP contribution in [0.4, 0.5) is 5.69 Å². The lowest BCUT2D eigenvalue weighted by Crippen LogP contribution is -2.59. The van der Waals surface area contributed by atoms with E-state index in [1.165, 1.54) is 12.1 Å². The minimum absolute atomic E-state index is 0.00306. The number of nitrogens with zero attached hydrogens (tertiary/aromatic N) is 1. The van der Waals surface area contributed by atoms with Crippen molar-refractivity contribution in [3.8, 4) is 5.75 Å². The van der Waals surface area contributed by atoms with E-state index in [0.717, 1.165) is 12.0 Å². The lowest BCUT2D eigenvalue weighted by atomic mass is 9.86. The molecule has 1 aliphatic carbocycles. The van der Waals surface area contributed by atoms with Crippen LogP contribution in [0.2, 0.25) is 0 Å². The largest absolute Gasteiger partial charge is 0.487 e. The molecule has 104 valence electrons. The lowest BCUT2D eigenvalue weighted by molar-refractivity contribution is -0.384. The quantitative estimate of drug-likeness (QED) is 0.648. The molecule has 0 spiro atoms. The van der Waals surface area contributed by atoms with E-state index in [4.69, 9.17) is 15.2 Å². The zero-order chi connectivity index (χ0) is 14.0. The Morgan fingerprint density at radius 3 is 2.79 bits per heavy atom. The van der Waals surface area contributed by atoms with E-state index < -0.39 is 4.92 Å². The summed E-state index contributed by atoms with van der Waals surface area (Å²) in [5, 5.41) is 10.7. The number of nitro groups is 1. The van der Waals surface area contributed by atoms with Crippen molar-refractivity contribution in [3.05, 3.63) is 33.9 Å². The van der Waals surface area contributed by atoms with Crippen molar-refractivity contribution in [2.75, 3.05) is 6.61 Å². The highest BCUT2D eigenvalue weighted by Gasteiger charge is 2.41. The minimum Gasteiger partial charge on any atom is -0.487 e.